The van der Waals surface area contributed by atoms with Crippen LogP contribution in [0.5, 0.6) is 0 Å². The van der Waals surface area contributed by atoms with Crippen LogP contribution in [0, 0.1) is 12.8 Å². The van der Waals surface area contributed by atoms with Crippen LogP contribution in [0.3, 0.4) is 0 Å². The van der Waals surface area contributed by atoms with Crippen LogP contribution in [0.2, 0.25) is 0 Å². The monoisotopic (exact) mass is 376 g/mol. The summed E-state index contributed by atoms with van der Waals surface area (Å²) in [6, 6.07) is 7.75. The Morgan fingerprint density at radius 1 is 0.923 bits per heavy atom. The minimum absolute atomic E-state index is 0.270. The van der Waals surface area contributed by atoms with E-state index in [0.717, 1.165) is 37.1 Å². The van der Waals surface area contributed by atoms with E-state index in [4.69, 9.17) is 0 Å². The zero-order valence-electron chi connectivity index (χ0n) is 16.3. The first-order valence-electron chi connectivity index (χ1n) is 10.1. The van der Waals surface area contributed by atoms with Gasteiger partial charge in [0, 0.05) is 18.0 Å². The standard InChI is InChI=1S/C21H32N2O2S/c1-16-12-14-20(15-13-16)26(24,25)22-21(19-10-5-4-6-11-19)23-17(2)8-7-9-18(23)3/h12-15,17-19H,4-11H2,1-3H3/t17-,18+. The highest BCUT2D eigenvalue weighted by molar-refractivity contribution is 7.90. The number of rotatable bonds is 3. The zero-order valence-corrected chi connectivity index (χ0v) is 17.1. The zero-order chi connectivity index (χ0) is 18.7. The highest BCUT2D eigenvalue weighted by Crippen LogP contribution is 2.32. The Morgan fingerprint density at radius 2 is 1.50 bits per heavy atom. The number of likely N-dealkylation sites (tertiary alicyclic amines) is 1. The van der Waals surface area contributed by atoms with Crippen molar-refractivity contribution in [2.24, 2.45) is 10.3 Å². The first kappa shape index (κ1) is 19.4. The molecule has 4 nitrogen and oxygen atoms in total. The van der Waals surface area contributed by atoms with E-state index < -0.39 is 10.0 Å². The van der Waals surface area contributed by atoms with E-state index in [9.17, 15) is 8.42 Å². The van der Waals surface area contributed by atoms with Gasteiger partial charge < -0.3 is 4.90 Å². The molecule has 1 heterocycles. The summed E-state index contributed by atoms with van der Waals surface area (Å²) in [5, 5.41) is 0. The summed E-state index contributed by atoms with van der Waals surface area (Å²) in [7, 11) is -3.68. The molecule has 0 radical (unpaired) electrons. The Bertz CT molecular complexity index is 724. The van der Waals surface area contributed by atoms with Crippen LogP contribution in [0.15, 0.2) is 33.6 Å². The lowest BCUT2D eigenvalue weighted by Gasteiger charge is -2.44. The van der Waals surface area contributed by atoms with Gasteiger partial charge in [-0.25, -0.2) is 0 Å². The highest BCUT2D eigenvalue weighted by atomic mass is 32.2. The normalized spacial score (nSPS) is 26.1. The molecule has 0 unspecified atom stereocenters. The van der Waals surface area contributed by atoms with Crippen molar-refractivity contribution in [3.05, 3.63) is 29.8 Å². The number of aryl methyl sites for hydroxylation is 1. The Kier molecular flexibility index (Phi) is 6.06. The fourth-order valence-corrected chi connectivity index (χ4v) is 5.53. The van der Waals surface area contributed by atoms with Crippen LogP contribution < -0.4 is 0 Å². The van der Waals surface area contributed by atoms with Crippen molar-refractivity contribution in [2.75, 3.05) is 0 Å². The largest absolute Gasteiger partial charge is 0.354 e. The number of hydrogen-bond acceptors (Lipinski definition) is 2. The molecule has 1 aliphatic carbocycles. The van der Waals surface area contributed by atoms with E-state index >= 15 is 0 Å². The van der Waals surface area contributed by atoms with Crippen molar-refractivity contribution in [3.63, 3.8) is 0 Å². The van der Waals surface area contributed by atoms with E-state index in [0.29, 0.717) is 17.0 Å². The van der Waals surface area contributed by atoms with Gasteiger partial charge in [0.2, 0.25) is 0 Å². The van der Waals surface area contributed by atoms with Crippen LogP contribution in [0.25, 0.3) is 0 Å². The fourth-order valence-electron chi connectivity index (χ4n) is 4.45. The van der Waals surface area contributed by atoms with Gasteiger partial charge in [0.15, 0.2) is 0 Å². The number of hydrogen-bond donors (Lipinski definition) is 0. The molecule has 0 amide bonds. The summed E-state index contributed by atoms with van der Waals surface area (Å²) in [5.74, 6) is 1.09. The number of amidine groups is 1. The molecule has 1 aromatic rings. The van der Waals surface area contributed by atoms with Gasteiger partial charge in [-0.15, -0.1) is 4.40 Å². The number of piperidine rings is 1. The second-order valence-corrected chi connectivity index (χ2v) is 9.71. The third-order valence-electron chi connectivity index (χ3n) is 5.96. The van der Waals surface area contributed by atoms with Crippen LogP contribution in [-0.4, -0.2) is 31.2 Å². The molecule has 0 N–H and O–H groups in total. The predicted molar refractivity (Wildman–Crippen MR) is 107 cm³/mol. The number of sulfonamides is 1. The van der Waals surface area contributed by atoms with E-state index in [1.54, 1.807) is 12.1 Å². The minimum Gasteiger partial charge on any atom is -0.354 e. The van der Waals surface area contributed by atoms with E-state index in [-0.39, 0.29) is 5.92 Å². The lowest BCUT2D eigenvalue weighted by Crippen LogP contribution is -2.50. The van der Waals surface area contributed by atoms with Gasteiger partial charge >= 0.3 is 0 Å². The lowest BCUT2D eigenvalue weighted by atomic mass is 9.86. The van der Waals surface area contributed by atoms with E-state index in [1.807, 2.05) is 19.1 Å². The third kappa shape index (κ3) is 4.30. The smallest absolute Gasteiger partial charge is 0.283 e. The molecule has 1 aliphatic heterocycles. The number of benzene rings is 1. The molecule has 1 aromatic carbocycles. The topological polar surface area (TPSA) is 49.7 Å². The Balaban J connectivity index is 2.01. The average Bonchev–Trinajstić information content (AvgIpc) is 2.62. The maximum atomic E-state index is 13.0. The fraction of sp³-hybridized carbons (Fsp3) is 0.667. The molecule has 0 spiro atoms. The quantitative estimate of drug-likeness (QED) is 0.555. The second-order valence-electron chi connectivity index (χ2n) is 8.11. The van der Waals surface area contributed by atoms with Crippen molar-refractivity contribution in [1.82, 2.24) is 4.90 Å². The lowest BCUT2D eigenvalue weighted by molar-refractivity contribution is 0.178. The van der Waals surface area contributed by atoms with Crippen molar-refractivity contribution in [1.29, 1.82) is 0 Å². The van der Waals surface area contributed by atoms with Gasteiger partial charge in [-0.3, -0.25) is 0 Å². The van der Waals surface area contributed by atoms with Gasteiger partial charge in [0.05, 0.1) is 4.90 Å². The van der Waals surface area contributed by atoms with Gasteiger partial charge in [-0.2, -0.15) is 8.42 Å². The maximum absolute atomic E-state index is 13.0. The molecule has 144 valence electrons. The molecular weight excluding hydrogens is 344 g/mol. The first-order valence-corrected chi connectivity index (χ1v) is 11.5. The van der Waals surface area contributed by atoms with Crippen LogP contribution >= 0.6 is 0 Å². The molecule has 2 fully saturated rings. The summed E-state index contributed by atoms with van der Waals surface area (Å²) in [5.41, 5.74) is 1.05. The summed E-state index contributed by atoms with van der Waals surface area (Å²) < 4.78 is 30.5. The van der Waals surface area contributed by atoms with Gasteiger partial charge in [0.1, 0.15) is 5.84 Å². The molecule has 26 heavy (non-hydrogen) atoms. The van der Waals surface area contributed by atoms with E-state index in [1.165, 1.54) is 25.7 Å². The molecule has 2 atom stereocenters. The van der Waals surface area contributed by atoms with Crippen LogP contribution in [0.1, 0.15) is 70.8 Å². The molecule has 2 aliphatic rings. The average molecular weight is 377 g/mol. The highest BCUT2D eigenvalue weighted by Gasteiger charge is 2.34. The summed E-state index contributed by atoms with van der Waals surface area (Å²) in [4.78, 5) is 2.62. The van der Waals surface area contributed by atoms with Crippen LogP contribution in [-0.2, 0) is 10.0 Å². The van der Waals surface area contributed by atoms with Gasteiger partial charge in [0.25, 0.3) is 10.0 Å². The Morgan fingerprint density at radius 3 is 2.08 bits per heavy atom. The molecule has 3 rings (SSSR count). The minimum atomic E-state index is -3.68. The predicted octanol–water partition coefficient (Wildman–Crippen LogP) is 4.93. The van der Waals surface area contributed by atoms with Crippen molar-refractivity contribution in [3.8, 4) is 0 Å². The Hall–Kier alpha value is -1.36. The summed E-state index contributed by atoms with van der Waals surface area (Å²) in [6.07, 6.45) is 9.13. The maximum Gasteiger partial charge on any atom is 0.283 e. The van der Waals surface area contributed by atoms with Crippen molar-refractivity contribution in [2.45, 2.75) is 89.1 Å². The number of nitrogens with zero attached hydrogens (tertiary/aromatic N) is 2. The molecule has 0 bridgehead atoms. The molecule has 0 aromatic heterocycles. The first-order chi connectivity index (χ1) is 12.4. The van der Waals surface area contributed by atoms with Crippen molar-refractivity contribution < 1.29 is 8.42 Å². The van der Waals surface area contributed by atoms with Gasteiger partial charge in [-0.05, 0) is 65.0 Å². The molecule has 5 heteroatoms. The summed E-state index contributed by atoms with van der Waals surface area (Å²) in [6.45, 7) is 6.39. The SMILES string of the molecule is Cc1ccc(S(=O)(=O)N=C(C2CCCCC2)N2[C@H](C)CCC[C@@H]2C)cc1. The second kappa shape index (κ2) is 8.12. The Labute approximate surface area is 158 Å². The molecular formula is C21H32N2O2S. The third-order valence-corrected chi connectivity index (χ3v) is 7.26. The van der Waals surface area contributed by atoms with Crippen molar-refractivity contribution >= 4 is 15.9 Å². The van der Waals surface area contributed by atoms with Gasteiger partial charge in [-0.1, -0.05) is 37.0 Å². The molecule has 1 saturated carbocycles. The van der Waals surface area contributed by atoms with Crippen LogP contribution in [0.4, 0.5) is 0 Å². The summed E-state index contributed by atoms with van der Waals surface area (Å²) >= 11 is 0. The molecule has 1 saturated heterocycles. The van der Waals surface area contributed by atoms with E-state index in [2.05, 4.69) is 23.1 Å².